The molecule has 8 nitrogen and oxygen atoms in total. The number of carboxylic acids is 1. The minimum absolute atomic E-state index is 0.0469. The van der Waals surface area contributed by atoms with Gasteiger partial charge in [-0.2, -0.15) is 0 Å². The van der Waals surface area contributed by atoms with Crippen molar-refractivity contribution in [3.63, 3.8) is 0 Å². The second-order valence-corrected chi connectivity index (χ2v) is 11.1. The quantitative estimate of drug-likeness (QED) is 0.489. The standard InChI is InChI=1S/C26H36BNO7/c1-15(29)8-6-11-22(30)28-21(12-16-9-7-10-18(24(31)32)23(16)33-5)27-34-20-14-17-13-19(25(17,2)3)26(20,4)35-27/h7,9-10,17,19-21H,6,8,11-14H2,1-5H3,(H,28,30)(H,31,32). The fourth-order valence-electron chi connectivity index (χ4n) is 6.46. The number of benzene rings is 1. The van der Waals surface area contributed by atoms with E-state index in [-0.39, 0.29) is 47.4 Å². The van der Waals surface area contributed by atoms with Crippen LogP contribution < -0.4 is 10.1 Å². The first kappa shape index (κ1) is 25.7. The van der Waals surface area contributed by atoms with Gasteiger partial charge in [-0.3, -0.25) is 4.79 Å². The maximum atomic E-state index is 12.8. The van der Waals surface area contributed by atoms with E-state index >= 15 is 0 Å². The molecule has 1 amide bonds. The van der Waals surface area contributed by atoms with E-state index in [4.69, 9.17) is 14.0 Å². The molecule has 1 heterocycles. The van der Waals surface area contributed by atoms with E-state index in [0.29, 0.717) is 30.2 Å². The van der Waals surface area contributed by atoms with Gasteiger partial charge in [0.25, 0.3) is 0 Å². The van der Waals surface area contributed by atoms with E-state index in [1.807, 2.05) is 0 Å². The van der Waals surface area contributed by atoms with Gasteiger partial charge in [0.15, 0.2) is 0 Å². The number of rotatable bonds is 10. The molecular formula is C26H36BNO7. The van der Waals surface area contributed by atoms with Gasteiger partial charge in [-0.15, -0.1) is 0 Å². The van der Waals surface area contributed by atoms with E-state index in [0.717, 1.165) is 12.8 Å². The van der Waals surface area contributed by atoms with E-state index in [9.17, 15) is 19.5 Å². The maximum absolute atomic E-state index is 12.8. The number of para-hydroxylation sites is 1. The van der Waals surface area contributed by atoms with Gasteiger partial charge in [-0.25, -0.2) is 4.79 Å². The van der Waals surface area contributed by atoms with Gasteiger partial charge in [-0.1, -0.05) is 26.0 Å². The number of carboxylic acid groups (broad SMARTS) is 1. The fraction of sp³-hybridized carbons (Fsp3) is 0.654. The SMILES string of the molecule is COc1c(CC(NC(=O)CCCC(C)=O)B2OC3CC4CC(C4(C)C)C3(C)O2)cccc1C(=O)O. The molecule has 3 saturated carbocycles. The molecule has 5 atom stereocenters. The monoisotopic (exact) mass is 485 g/mol. The van der Waals surface area contributed by atoms with Crippen LogP contribution in [-0.4, -0.2) is 54.6 Å². The second kappa shape index (κ2) is 9.58. The second-order valence-electron chi connectivity index (χ2n) is 11.1. The van der Waals surface area contributed by atoms with Crippen LogP contribution >= 0.6 is 0 Å². The Morgan fingerprint density at radius 1 is 1.23 bits per heavy atom. The van der Waals surface area contributed by atoms with Gasteiger partial charge < -0.3 is 29.3 Å². The van der Waals surface area contributed by atoms with Gasteiger partial charge in [0.2, 0.25) is 5.91 Å². The highest BCUT2D eigenvalue weighted by Gasteiger charge is 2.68. The van der Waals surface area contributed by atoms with Crippen molar-refractivity contribution < 1.29 is 33.5 Å². The van der Waals surface area contributed by atoms with Gasteiger partial charge in [-0.05, 0) is 68.4 Å². The Balaban J connectivity index is 1.57. The Hall–Kier alpha value is -2.39. The van der Waals surface area contributed by atoms with Gasteiger partial charge >= 0.3 is 13.1 Å². The zero-order valence-electron chi connectivity index (χ0n) is 21.3. The zero-order chi connectivity index (χ0) is 25.5. The lowest BCUT2D eigenvalue weighted by molar-refractivity contribution is -0.199. The first-order chi connectivity index (χ1) is 16.5. The number of carbonyl (C=O) groups excluding carboxylic acids is 2. The molecule has 1 aliphatic heterocycles. The highest BCUT2D eigenvalue weighted by Crippen LogP contribution is 2.65. The summed E-state index contributed by atoms with van der Waals surface area (Å²) < 4.78 is 18.5. The van der Waals surface area contributed by atoms with Crippen molar-refractivity contribution in [1.82, 2.24) is 5.32 Å². The number of Topliss-reactive ketones (excluding diaryl/α,β-unsaturated/α-hetero) is 1. The van der Waals surface area contributed by atoms with E-state index in [2.05, 4.69) is 26.1 Å². The molecule has 9 heteroatoms. The Morgan fingerprint density at radius 2 is 1.97 bits per heavy atom. The summed E-state index contributed by atoms with van der Waals surface area (Å²) in [6.45, 7) is 8.22. The molecule has 2 bridgehead atoms. The average Bonchev–Trinajstić information content (AvgIpc) is 3.15. The number of hydrogen-bond acceptors (Lipinski definition) is 6. The highest BCUT2D eigenvalue weighted by atomic mass is 16.7. The third-order valence-electron chi connectivity index (χ3n) is 8.55. The van der Waals surface area contributed by atoms with Crippen LogP contribution in [0.3, 0.4) is 0 Å². The molecule has 4 aliphatic rings. The number of aromatic carboxylic acids is 1. The lowest BCUT2D eigenvalue weighted by Crippen LogP contribution is -2.65. The molecule has 5 rings (SSSR count). The number of ether oxygens (including phenoxy) is 1. The molecule has 4 fully saturated rings. The number of carbonyl (C=O) groups is 3. The molecule has 1 aromatic carbocycles. The number of hydrogen-bond donors (Lipinski definition) is 2. The number of nitrogens with one attached hydrogen (secondary N) is 1. The Bertz CT molecular complexity index is 1010. The lowest BCUT2D eigenvalue weighted by atomic mass is 9.43. The molecule has 1 saturated heterocycles. The maximum Gasteiger partial charge on any atom is 0.482 e. The smallest absolute Gasteiger partial charge is 0.482 e. The van der Waals surface area contributed by atoms with Crippen molar-refractivity contribution in [2.45, 2.75) is 83.9 Å². The molecule has 2 N–H and O–H groups in total. The first-order valence-electron chi connectivity index (χ1n) is 12.5. The van der Waals surface area contributed by atoms with Crippen molar-refractivity contribution in [1.29, 1.82) is 0 Å². The van der Waals surface area contributed by atoms with Crippen LogP contribution in [0.2, 0.25) is 0 Å². The molecule has 35 heavy (non-hydrogen) atoms. The van der Waals surface area contributed by atoms with E-state index < -0.39 is 24.6 Å². The van der Waals surface area contributed by atoms with Crippen LogP contribution in [0, 0.1) is 17.3 Å². The minimum atomic E-state index is -1.08. The van der Waals surface area contributed by atoms with Crippen molar-refractivity contribution in [3.8, 4) is 5.75 Å². The largest absolute Gasteiger partial charge is 0.496 e. The summed E-state index contributed by atoms with van der Waals surface area (Å²) >= 11 is 0. The Morgan fingerprint density at radius 3 is 2.60 bits per heavy atom. The summed E-state index contributed by atoms with van der Waals surface area (Å²) in [7, 11) is 0.767. The van der Waals surface area contributed by atoms with Crippen molar-refractivity contribution >= 4 is 24.8 Å². The summed E-state index contributed by atoms with van der Waals surface area (Å²) in [5.74, 6) is -0.531. The third-order valence-corrected chi connectivity index (χ3v) is 8.55. The molecule has 0 spiro atoms. The van der Waals surface area contributed by atoms with Gasteiger partial charge in [0.1, 0.15) is 17.1 Å². The van der Waals surface area contributed by atoms with Crippen LogP contribution in [0.15, 0.2) is 18.2 Å². The summed E-state index contributed by atoms with van der Waals surface area (Å²) in [6.07, 6.45) is 3.31. The lowest BCUT2D eigenvalue weighted by Gasteiger charge is -2.64. The fourth-order valence-corrected chi connectivity index (χ4v) is 6.46. The molecule has 5 unspecified atom stereocenters. The zero-order valence-corrected chi connectivity index (χ0v) is 21.3. The Kier molecular flexibility index (Phi) is 7.03. The minimum Gasteiger partial charge on any atom is -0.496 e. The molecule has 3 aliphatic carbocycles. The normalized spacial score (nSPS) is 29.1. The summed E-state index contributed by atoms with van der Waals surface area (Å²) in [5.41, 5.74) is 0.466. The Labute approximate surface area is 207 Å². The number of methoxy groups -OCH3 is 1. The molecule has 1 aromatic rings. The van der Waals surface area contributed by atoms with Crippen molar-refractivity contribution in [2.24, 2.45) is 17.3 Å². The van der Waals surface area contributed by atoms with Crippen LogP contribution in [0.4, 0.5) is 0 Å². The van der Waals surface area contributed by atoms with Gasteiger partial charge in [0.05, 0.1) is 24.8 Å². The molecule has 0 radical (unpaired) electrons. The third kappa shape index (κ3) is 4.72. The van der Waals surface area contributed by atoms with Crippen LogP contribution in [0.25, 0.3) is 0 Å². The van der Waals surface area contributed by atoms with Crippen LogP contribution in [-0.2, 0) is 25.3 Å². The molecule has 190 valence electrons. The topological polar surface area (TPSA) is 111 Å². The van der Waals surface area contributed by atoms with Crippen molar-refractivity contribution in [3.05, 3.63) is 29.3 Å². The van der Waals surface area contributed by atoms with Crippen LogP contribution in [0.1, 0.15) is 75.7 Å². The first-order valence-corrected chi connectivity index (χ1v) is 12.5. The molecule has 0 aromatic heterocycles. The van der Waals surface area contributed by atoms with Gasteiger partial charge in [0, 0.05) is 12.8 Å². The summed E-state index contributed by atoms with van der Waals surface area (Å²) in [6, 6.07) is 4.96. The number of amides is 1. The van der Waals surface area contributed by atoms with E-state index in [1.54, 1.807) is 12.1 Å². The van der Waals surface area contributed by atoms with Crippen molar-refractivity contribution in [2.75, 3.05) is 7.11 Å². The molecular weight excluding hydrogens is 449 g/mol. The predicted octanol–water partition coefficient (Wildman–Crippen LogP) is 3.45. The predicted molar refractivity (Wildman–Crippen MR) is 130 cm³/mol. The number of ketones is 1. The van der Waals surface area contributed by atoms with Crippen LogP contribution in [0.5, 0.6) is 5.75 Å². The summed E-state index contributed by atoms with van der Waals surface area (Å²) in [4.78, 5) is 35.8. The van der Waals surface area contributed by atoms with E-state index in [1.165, 1.54) is 20.1 Å². The highest BCUT2D eigenvalue weighted by molar-refractivity contribution is 6.48. The average molecular weight is 485 g/mol. The summed E-state index contributed by atoms with van der Waals surface area (Å²) in [5, 5.41) is 12.6.